The Balaban J connectivity index is 2.14. The van der Waals surface area contributed by atoms with Gasteiger partial charge in [0.2, 0.25) is 5.91 Å². The predicted octanol–water partition coefficient (Wildman–Crippen LogP) is 2.60. The van der Waals surface area contributed by atoms with Crippen molar-refractivity contribution >= 4 is 34.2 Å². The van der Waals surface area contributed by atoms with Gasteiger partial charge in [-0.25, -0.2) is 9.59 Å². The van der Waals surface area contributed by atoms with Crippen LogP contribution in [0.2, 0.25) is 0 Å². The third kappa shape index (κ3) is 6.75. The molecular formula is C21H29N3O6S. The first-order valence-corrected chi connectivity index (χ1v) is 11.1. The number of piperidine rings is 1. The van der Waals surface area contributed by atoms with E-state index in [9.17, 15) is 14.4 Å². The highest BCUT2D eigenvalue weighted by atomic mass is 32.1. The maximum atomic E-state index is 12.9. The molecule has 10 heteroatoms. The fourth-order valence-electron chi connectivity index (χ4n) is 3.37. The van der Waals surface area contributed by atoms with Gasteiger partial charge in [-0.05, 0) is 45.3 Å². The van der Waals surface area contributed by atoms with Gasteiger partial charge in [0.05, 0.1) is 24.8 Å². The summed E-state index contributed by atoms with van der Waals surface area (Å²) in [6, 6.07) is 2.13. The minimum absolute atomic E-state index is 0.0908. The van der Waals surface area contributed by atoms with Gasteiger partial charge < -0.3 is 24.4 Å². The quantitative estimate of drug-likeness (QED) is 0.426. The van der Waals surface area contributed by atoms with Crippen molar-refractivity contribution in [3.8, 4) is 6.07 Å². The number of likely N-dealkylation sites (tertiary alicyclic amines) is 1. The summed E-state index contributed by atoms with van der Waals surface area (Å²) in [7, 11) is 1.50. The summed E-state index contributed by atoms with van der Waals surface area (Å²) < 4.78 is 15.2. The van der Waals surface area contributed by atoms with Crippen molar-refractivity contribution in [2.75, 3.05) is 51.9 Å². The van der Waals surface area contributed by atoms with Crippen LogP contribution in [0.15, 0.2) is 0 Å². The van der Waals surface area contributed by atoms with Crippen LogP contribution in [-0.4, -0.2) is 69.3 Å². The van der Waals surface area contributed by atoms with Crippen molar-refractivity contribution in [1.82, 2.24) is 4.90 Å². The molecule has 0 aromatic carbocycles. The average molecular weight is 452 g/mol. The number of nitriles is 1. The van der Waals surface area contributed by atoms with Crippen LogP contribution in [0.25, 0.3) is 0 Å². The molecule has 1 N–H and O–H groups in total. The standard InChI is InChI=1S/C21H29N3O6S/c1-4-29-20(26)16-14(2)17(21(27)30-13-12-28-3)31-19(16)23-18(25)15-6-10-24(11-7-15)9-5-8-22/h15H,4-7,9-13H2,1-3H3,(H,23,25). The van der Waals surface area contributed by atoms with E-state index < -0.39 is 11.9 Å². The molecule has 1 aliphatic rings. The van der Waals surface area contributed by atoms with Gasteiger partial charge in [0.1, 0.15) is 16.5 Å². The zero-order chi connectivity index (χ0) is 22.8. The Hall–Kier alpha value is -2.48. The largest absolute Gasteiger partial charge is 0.462 e. The smallest absolute Gasteiger partial charge is 0.348 e. The van der Waals surface area contributed by atoms with E-state index in [-0.39, 0.29) is 42.1 Å². The molecular weight excluding hydrogens is 422 g/mol. The van der Waals surface area contributed by atoms with Gasteiger partial charge in [-0.1, -0.05) is 0 Å². The maximum Gasteiger partial charge on any atom is 0.348 e. The first-order valence-electron chi connectivity index (χ1n) is 10.3. The molecule has 0 saturated carbocycles. The number of rotatable bonds is 10. The van der Waals surface area contributed by atoms with Crippen LogP contribution >= 0.6 is 11.3 Å². The second-order valence-electron chi connectivity index (χ2n) is 7.12. The molecule has 1 fully saturated rings. The minimum Gasteiger partial charge on any atom is -0.462 e. The minimum atomic E-state index is -0.589. The van der Waals surface area contributed by atoms with Gasteiger partial charge in [-0.15, -0.1) is 11.3 Å². The van der Waals surface area contributed by atoms with E-state index in [1.54, 1.807) is 13.8 Å². The average Bonchev–Trinajstić information content (AvgIpc) is 3.08. The first kappa shape index (κ1) is 24.8. The molecule has 0 atom stereocenters. The summed E-state index contributed by atoms with van der Waals surface area (Å²) in [5, 5.41) is 11.9. The van der Waals surface area contributed by atoms with Crippen LogP contribution < -0.4 is 5.32 Å². The molecule has 0 bridgehead atoms. The maximum absolute atomic E-state index is 12.9. The van der Waals surface area contributed by atoms with E-state index >= 15 is 0 Å². The highest BCUT2D eigenvalue weighted by Crippen LogP contribution is 2.35. The molecule has 0 radical (unpaired) electrons. The Bertz CT molecular complexity index is 824. The van der Waals surface area contributed by atoms with Crippen molar-refractivity contribution in [3.63, 3.8) is 0 Å². The van der Waals surface area contributed by atoms with Crippen molar-refractivity contribution in [3.05, 3.63) is 16.0 Å². The summed E-state index contributed by atoms with van der Waals surface area (Å²) in [6.45, 7) is 6.05. The summed E-state index contributed by atoms with van der Waals surface area (Å²) in [5.74, 6) is -1.55. The van der Waals surface area contributed by atoms with Crippen LogP contribution in [-0.2, 0) is 19.0 Å². The summed E-state index contributed by atoms with van der Waals surface area (Å²) >= 11 is 1.02. The molecule has 170 valence electrons. The number of esters is 2. The van der Waals surface area contributed by atoms with E-state index in [2.05, 4.69) is 16.3 Å². The highest BCUT2D eigenvalue weighted by molar-refractivity contribution is 7.18. The molecule has 1 aliphatic heterocycles. The Kier molecular flexibility index (Phi) is 9.91. The number of ether oxygens (including phenoxy) is 3. The number of hydrogen-bond acceptors (Lipinski definition) is 9. The Morgan fingerprint density at radius 2 is 1.90 bits per heavy atom. The molecule has 1 amide bonds. The number of carbonyl (C=O) groups excluding carboxylic acids is 3. The number of amides is 1. The molecule has 2 rings (SSSR count). The van der Waals surface area contributed by atoms with Crippen molar-refractivity contribution < 1.29 is 28.6 Å². The number of thiophene rings is 1. The molecule has 1 aromatic rings. The Morgan fingerprint density at radius 1 is 1.19 bits per heavy atom. The van der Waals surface area contributed by atoms with Gasteiger partial charge in [-0.2, -0.15) is 5.26 Å². The van der Waals surface area contributed by atoms with Gasteiger partial charge >= 0.3 is 11.9 Å². The first-order chi connectivity index (χ1) is 14.9. The normalized spacial score (nSPS) is 14.6. The number of anilines is 1. The fourth-order valence-corrected chi connectivity index (χ4v) is 4.46. The summed E-state index contributed by atoms with van der Waals surface area (Å²) in [6.07, 6.45) is 1.81. The number of methoxy groups -OCH3 is 1. The third-order valence-electron chi connectivity index (χ3n) is 5.07. The monoisotopic (exact) mass is 451 g/mol. The molecule has 1 aromatic heterocycles. The second-order valence-corrected chi connectivity index (χ2v) is 8.14. The number of nitrogens with zero attached hydrogens (tertiary/aromatic N) is 2. The lowest BCUT2D eigenvalue weighted by Gasteiger charge is -2.30. The summed E-state index contributed by atoms with van der Waals surface area (Å²) in [5.41, 5.74) is 0.609. The SMILES string of the molecule is CCOC(=O)c1c(NC(=O)C2CCN(CCC#N)CC2)sc(C(=O)OCCOC)c1C. The highest BCUT2D eigenvalue weighted by Gasteiger charge is 2.30. The van der Waals surface area contributed by atoms with E-state index in [0.29, 0.717) is 36.4 Å². The van der Waals surface area contributed by atoms with Crippen molar-refractivity contribution in [1.29, 1.82) is 5.26 Å². The van der Waals surface area contributed by atoms with Crippen LogP contribution in [0.3, 0.4) is 0 Å². The van der Waals surface area contributed by atoms with E-state index in [1.165, 1.54) is 7.11 Å². The Labute approximate surface area is 186 Å². The zero-order valence-corrected chi connectivity index (χ0v) is 19.0. The van der Waals surface area contributed by atoms with Gasteiger partial charge in [0.25, 0.3) is 0 Å². The Morgan fingerprint density at radius 3 is 2.52 bits per heavy atom. The van der Waals surface area contributed by atoms with Gasteiger partial charge in [0, 0.05) is 26.0 Å². The fraction of sp³-hybridized carbons (Fsp3) is 0.619. The lowest BCUT2D eigenvalue weighted by Crippen LogP contribution is -2.38. The van der Waals surface area contributed by atoms with Gasteiger partial charge in [0.15, 0.2) is 0 Å². The van der Waals surface area contributed by atoms with Crippen LogP contribution in [0.1, 0.15) is 51.8 Å². The zero-order valence-electron chi connectivity index (χ0n) is 18.2. The predicted molar refractivity (Wildman–Crippen MR) is 115 cm³/mol. The molecule has 0 aliphatic carbocycles. The molecule has 9 nitrogen and oxygen atoms in total. The van der Waals surface area contributed by atoms with E-state index in [0.717, 1.165) is 24.4 Å². The second kappa shape index (κ2) is 12.4. The van der Waals surface area contributed by atoms with Crippen LogP contribution in [0.5, 0.6) is 0 Å². The van der Waals surface area contributed by atoms with E-state index in [4.69, 9.17) is 19.5 Å². The number of carbonyl (C=O) groups is 3. The van der Waals surface area contributed by atoms with Crippen molar-refractivity contribution in [2.45, 2.75) is 33.1 Å². The topological polar surface area (TPSA) is 118 Å². The summed E-state index contributed by atoms with van der Waals surface area (Å²) in [4.78, 5) is 40.2. The van der Waals surface area contributed by atoms with Gasteiger partial charge in [-0.3, -0.25) is 4.79 Å². The molecule has 0 unspecified atom stereocenters. The van der Waals surface area contributed by atoms with Crippen LogP contribution in [0.4, 0.5) is 5.00 Å². The molecule has 0 spiro atoms. The van der Waals surface area contributed by atoms with Crippen LogP contribution in [0, 0.1) is 24.2 Å². The molecule has 31 heavy (non-hydrogen) atoms. The number of nitrogens with one attached hydrogen (secondary N) is 1. The number of hydrogen-bond donors (Lipinski definition) is 1. The lowest BCUT2D eigenvalue weighted by molar-refractivity contribution is -0.121. The molecule has 2 heterocycles. The third-order valence-corrected chi connectivity index (χ3v) is 6.25. The van der Waals surface area contributed by atoms with E-state index in [1.807, 2.05) is 0 Å². The van der Waals surface area contributed by atoms with Crippen molar-refractivity contribution in [2.24, 2.45) is 5.92 Å². The lowest BCUT2D eigenvalue weighted by atomic mass is 9.96. The molecule has 1 saturated heterocycles.